The molecular formula is C23H31NO5. The molecule has 2 fully saturated rings. The van der Waals surface area contributed by atoms with Crippen LogP contribution in [0, 0.1) is 5.92 Å². The van der Waals surface area contributed by atoms with E-state index < -0.39 is 5.97 Å². The van der Waals surface area contributed by atoms with Gasteiger partial charge in [-0.25, -0.2) is 0 Å². The fourth-order valence-electron chi connectivity index (χ4n) is 4.23. The number of aliphatic carboxylic acids is 1. The molecule has 1 saturated heterocycles. The fourth-order valence-corrected chi connectivity index (χ4v) is 4.23. The van der Waals surface area contributed by atoms with Crippen molar-refractivity contribution < 1.29 is 24.2 Å². The van der Waals surface area contributed by atoms with Crippen molar-refractivity contribution in [2.24, 2.45) is 5.92 Å². The second-order valence-corrected chi connectivity index (χ2v) is 7.76. The maximum atomic E-state index is 12.9. The Bertz CT molecular complexity index is 684. The first-order valence-corrected chi connectivity index (χ1v) is 10.5. The summed E-state index contributed by atoms with van der Waals surface area (Å²) in [6, 6.07) is 9.91. The summed E-state index contributed by atoms with van der Waals surface area (Å²) in [4.78, 5) is 25.7. The lowest BCUT2D eigenvalue weighted by Crippen LogP contribution is -2.49. The van der Waals surface area contributed by atoms with Gasteiger partial charge in [-0.2, -0.15) is 0 Å². The molecule has 1 aromatic rings. The Balaban J connectivity index is 1.62. The summed E-state index contributed by atoms with van der Waals surface area (Å²) in [6.07, 6.45) is 6.81. The molecule has 3 atom stereocenters. The van der Waals surface area contributed by atoms with Gasteiger partial charge in [0.1, 0.15) is 0 Å². The average Bonchev–Trinajstić information content (AvgIpc) is 3.05. The highest BCUT2D eigenvalue weighted by Crippen LogP contribution is 2.34. The number of allylic oxidation sites excluding steroid dienone is 2. The predicted octanol–water partition coefficient (Wildman–Crippen LogP) is 3.06. The standard InChI is InChI=1S/C23H31NO5/c25-20-16-21(29-17-18-8-4-3-5-9-18)19(10-6-1-2-7-11-22(26)27)23(20)24-12-14-28-15-13-24/h1,3-6,8-9,19,21,23H,2,7,10-17H2,(H,26,27)/b6-1-/t19-,21-,23+/m0/s1. The Morgan fingerprint density at radius 3 is 2.69 bits per heavy atom. The molecule has 158 valence electrons. The van der Waals surface area contributed by atoms with Crippen molar-refractivity contribution in [1.82, 2.24) is 4.90 Å². The van der Waals surface area contributed by atoms with Gasteiger partial charge in [0.2, 0.25) is 0 Å². The lowest BCUT2D eigenvalue weighted by atomic mass is 9.95. The van der Waals surface area contributed by atoms with E-state index in [1.807, 2.05) is 36.4 Å². The van der Waals surface area contributed by atoms with Crippen LogP contribution in [0.4, 0.5) is 0 Å². The maximum Gasteiger partial charge on any atom is 0.303 e. The van der Waals surface area contributed by atoms with Crippen LogP contribution >= 0.6 is 0 Å². The van der Waals surface area contributed by atoms with E-state index in [9.17, 15) is 9.59 Å². The number of morpholine rings is 1. The van der Waals surface area contributed by atoms with Gasteiger partial charge >= 0.3 is 5.97 Å². The number of nitrogens with zero attached hydrogens (tertiary/aromatic N) is 1. The van der Waals surface area contributed by atoms with Gasteiger partial charge in [0, 0.05) is 31.8 Å². The van der Waals surface area contributed by atoms with E-state index in [1.54, 1.807) is 0 Å². The highest BCUT2D eigenvalue weighted by Gasteiger charge is 2.45. The Morgan fingerprint density at radius 1 is 1.21 bits per heavy atom. The number of benzene rings is 1. The third kappa shape index (κ3) is 6.49. The van der Waals surface area contributed by atoms with Gasteiger partial charge < -0.3 is 14.6 Å². The average molecular weight is 402 g/mol. The topological polar surface area (TPSA) is 76.1 Å². The van der Waals surface area contributed by atoms with Crippen LogP contribution in [0.3, 0.4) is 0 Å². The second kappa shape index (κ2) is 11.2. The van der Waals surface area contributed by atoms with Crippen LogP contribution in [0.25, 0.3) is 0 Å². The van der Waals surface area contributed by atoms with Gasteiger partial charge in [0.05, 0.1) is 32.0 Å². The number of ketones is 1. The van der Waals surface area contributed by atoms with Crippen LogP contribution in [0.2, 0.25) is 0 Å². The van der Waals surface area contributed by atoms with Crippen LogP contribution < -0.4 is 0 Å². The lowest BCUT2D eigenvalue weighted by Gasteiger charge is -2.35. The highest BCUT2D eigenvalue weighted by atomic mass is 16.5. The van der Waals surface area contributed by atoms with Crippen molar-refractivity contribution in [1.29, 1.82) is 0 Å². The first-order chi connectivity index (χ1) is 14.1. The van der Waals surface area contributed by atoms with Crippen molar-refractivity contribution in [3.8, 4) is 0 Å². The molecular weight excluding hydrogens is 370 g/mol. The molecule has 0 spiro atoms. The number of carboxylic acids is 1. The third-order valence-electron chi connectivity index (χ3n) is 5.70. The summed E-state index contributed by atoms with van der Waals surface area (Å²) >= 11 is 0. The van der Waals surface area contributed by atoms with Crippen molar-refractivity contribution in [3.05, 3.63) is 48.0 Å². The zero-order valence-electron chi connectivity index (χ0n) is 16.9. The summed E-state index contributed by atoms with van der Waals surface area (Å²) in [7, 11) is 0. The fraction of sp³-hybridized carbons (Fsp3) is 0.565. The van der Waals surface area contributed by atoms with E-state index in [4.69, 9.17) is 14.6 Å². The smallest absolute Gasteiger partial charge is 0.303 e. The van der Waals surface area contributed by atoms with Gasteiger partial charge in [-0.3, -0.25) is 14.5 Å². The molecule has 0 aromatic heterocycles. The number of Topliss-reactive ketones (excluding diaryl/α,β-unsaturated/α-hetero) is 1. The highest BCUT2D eigenvalue weighted by molar-refractivity contribution is 5.87. The molecule has 1 heterocycles. The van der Waals surface area contributed by atoms with Crippen molar-refractivity contribution in [2.75, 3.05) is 26.3 Å². The van der Waals surface area contributed by atoms with Gasteiger partial charge in [0.15, 0.2) is 5.78 Å². The lowest BCUT2D eigenvalue weighted by molar-refractivity contribution is -0.137. The quantitative estimate of drug-likeness (QED) is 0.480. The number of carbonyl (C=O) groups excluding carboxylic acids is 1. The maximum absolute atomic E-state index is 12.9. The number of hydrogen-bond donors (Lipinski definition) is 1. The summed E-state index contributed by atoms with van der Waals surface area (Å²) < 4.78 is 11.7. The van der Waals surface area contributed by atoms with E-state index in [-0.39, 0.29) is 30.3 Å². The van der Waals surface area contributed by atoms with Crippen molar-refractivity contribution in [2.45, 2.75) is 50.9 Å². The molecule has 1 aliphatic heterocycles. The summed E-state index contributed by atoms with van der Waals surface area (Å²) in [5.41, 5.74) is 1.11. The minimum absolute atomic E-state index is 0.0979. The molecule has 0 amide bonds. The number of carboxylic acid groups (broad SMARTS) is 1. The molecule has 1 N–H and O–H groups in total. The molecule has 6 heteroatoms. The number of carbonyl (C=O) groups is 2. The van der Waals surface area contributed by atoms with Crippen LogP contribution in [-0.4, -0.2) is 60.2 Å². The van der Waals surface area contributed by atoms with E-state index in [1.165, 1.54) is 0 Å². The first kappa shape index (κ1) is 21.7. The van der Waals surface area contributed by atoms with Crippen LogP contribution in [0.5, 0.6) is 0 Å². The molecule has 1 saturated carbocycles. The zero-order chi connectivity index (χ0) is 20.5. The second-order valence-electron chi connectivity index (χ2n) is 7.76. The van der Waals surface area contributed by atoms with E-state index >= 15 is 0 Å². The van der Waals surface area contributed by atoms with E-state index in [0.717, 1.165) is 31.5 Å². The SMILES string of the molecule is O=C(O)CCC/C=C\C[C@H]1[C@@H](OCc2ccccc2)CC(=O)[C@@H]1N1CCOCC1. The Kier molecular flexibility index (Phi) is 8.40. The monoisotopic (exact) mass is 401 g/mol. The Labute approximate surface area is 172 Å². The van der Waals surface area contributed by atoms with E-state index in [0.29, 0.717) is 32.7 Å². The number of hydrogen-bond acceptors (Lipinski definition) is 5. The van der Waals surface area contributed by atoms with Gasteiger partial charge in [-0.05, 0) is 24.8 Å². The predicted molar refractivity (Wildman–Crippen MR) is 110 cm³/mol. The zero-order valence-corrected chi connectivity index (χ0v) is 16.9. The number of ether oxygens (including phenoxy) is 2. The number of unbranched alkanes of at least 4 members (excludes halogenated alkanes) is 1. The van der Waals surface area contributed by atoms with Crippen molar-refractivity contribution in [3.63, 3.8) is 0 Å². The molecule has 2 aliphatic rings. The van der Waals surface area contributed by atoms with Crippen LogP contribution in [0.15, 0.2) is 42.5 Å². The van der Waals surface area contributed by atoms with E-state index in [2.05, 4.69) is 11.0 Å². The molecule has 3 rings (SSSR count). The minimum atomic E-state index is -0.762. The molecule has 0 radical (unpaired) electrons. The summed E-state index contributed by atoms with van der Waals surface area (Å²) in [5, 5.41) is 8.74. The molecule has 0 bridgehead atoms. The summed E-state index contributed by atoms with van der Waals surface area (Å²) in [6.45, 7) is 3.39. The molecule has 1 aromatic carbocycles. The third-order valence-corrected chi connectivity index (χ3v) is 5.70. The normalized spacial score (nSPS) is 25.7. The van der Waals surface area contributed by atoms with Crippen molar-refractivity contribution >= 4 is 11.8 Å². The van der Waals surface area contributed by atoms with Crippen LogP contribution in [0.1, 0.15) is 37.7 Å². The largest absolute Gasteiger partial charge is 0.481 e. The molecule has 6 nitrogen and oxygen atoms in total. The van der Waals surface area contributed by atoms with Gasteiger partial charge in [0.25, 0.3) is 0 Å². The summed E-state index contributed by atoms with van der Waals surface area (Å²) in [5.74, 6) is -0.393. The number of rotatable bonds is 10. The van der Waals surface area contributed by atoms with Gasteiger partial charge in [-0.1, -0.05) is 42.5 Å². The Morgan fingerprint density at radius 2 is 1.97 bits per heavy atom. The minimum Gasteiger partial charge on any atom is -0.481 e. The van der Waals surface area contributed by atoms with Gasteiger partial charge in [-0.15, -0.1) is 0 Å². The molecule has 29 heavy (non-hydrogen) atoms. The molecule has 1 aliphatic carbocycles. The Hall–Kier alpha value is -2.02. The first-order valence-electron chi connectivity index (χ1n) is 10.5. The van der Waals surface area contributed by atoms with Crippen LogP contribution in [-0.2, 0) is 25.7 Å². The molecule has 0 unspecified atom stereocenters.